The predicted octanol–water partition coefficient (Wildman–Crippen LogP) is 14.2. The number of alkyl halides is 9. The van der Waals surface area contributed by atoms with E-state index < -0.39 is 70.1 Å². The van der Waals surface area contributed by atoms with Crippen LogP contribution in [0.2, 0.25) is 0 Å². The second kappa shape index (κ2) is 32.8. The number of benzene rings is 3. The summed E-state index contributed by atoms with van der Waals surface area (Å²) in [6, 6.07) is 9.33. The van der Waals surface area contributed by atoms with Crippen molar-refractivity contribution in [3.63, 3.8) is 0 Å². The van der Waals surface area contributed by atoms with Crippen LogP contribution >= 0.6 is 24.8 Å². The van der Waals surface area contributed by atoms with Gasteiger partial charge in [-0.2, -0.15) is 64.4 Å². The van der Waals surface area contributed by atoms with E-state index in [9.17, 15) is 67.1 Å². The van der Waals surface area contributed by atoms with E-state index in [0.29, 0.717) is 76.1 Å². The van der Waals surface area contributed by atoms with Crippen molar-refractivity contribution in [2.75, 3.05) is 45.8 Å². The van der Waals surface area contributed by atoms with Crippen LogP contribution in [-0.2, 0) is 71.5 Å². The number of rotatable bonds is 5. The first-order valence-electron chi connectivity index (χ1n) is 30.6. The largest absolute Gasteiger partial charge is 0.444 e. The van der Waals surface area contributed by atoms with Gasteiger partial charge in [0, 0.05) is 89.6 Å². The molecule has 3 aromatic carbocycles. The molecule has 12 rings (SSSR count). The van der Waals surface area contributed by atoms with Crippen molar-refractivity contribution in [1.82, 2.24) is 50.6 Å². The second-order valence-corrected chi connectivity index (χ2v) is 24.3. The van der Waals surface area contributed by atoms with Crippen molar-refractivity contribution in [2.45, 2.75) is 166 Å². The molecular weight excluding hydrogens is 1300 g/mol. The highest BCUT2D eigenvalue weighted by atomic mass is 35.5. The molecule has 16 nitrogen and oxygen atoms in total. The van der Waals surface area contributed by atoms with E-state index in [1.807, 2.05) is 20.8 Å². The molecule has 6 aliphatic rings. The molecule has 4 aliphatic heterocycles. The van der Waals surface area contributed by atoms with Gasteiger partial charge in [0.1, 0.15) is 23.1 Å². The van der Waals surface area contributed by atoms with Gasteiger partial charge in [0.15, 0.2) is 11.4 Å². The number of H-pyrrole nitrogens is 3. The number of nitrogens with one attached hydrogen (secondary N) is 4. The lowest BCUT2D eigenvalue weighted by atomic mass is 9.85. The Bertz CT molecular complexity index is 3390. The number of likely N-dealkylation sites (tertiary alicyclic amines) is 2. The highest BCUT2D eigenvalue weighted by Gasteiger charge is 2.41. The van der Waals surface area contributed by atoms with E-state index >= 15 is 0 Å². The monoisotopic (exact) mass is 1380 g/mol. The van der Waals surface area contributed by atoms with Crippen LogP contribution in [0.15, 0.2) is 60.8 Å². The normalized spacial score (nSPS) is 16.9. The lowest BCUT2D eigenvalue weighted by molar-refractivity contribution is -0.191. The van der Waals surface area contributed by atoms with Gasteiger partial charge in [0.05, 0.1) is 29.4 Å². The van der Waals surface area contributed by atoms with E-state index in [2.05, 4.69) is 35.9 Å². The lowest BCUT2D eigenvalue weighted by Crippen LogP contribution is -2.39. The van der Waals surface area contributed by atoms with Crippen molar-refractivity contribution in [1.29, 1.82) is 0 Å². The van der Waals surface area contributed by atoms with Crippen molar-refractivity contribution < 1.29 is 81.4 Å². The SMILES string of the molecule is CC(C)(C)OC(=O)N1CCc2[nH]ncc2C1.Cl.Cl.Fc1cccc(C(F)(F)F)c1C1CCNCC1.O=C(c1n[nH]c2c1CCCC2)N1CCC(c2c(F)cccc2C(F)(F)F)CC1.O=C(c1n[nH]c2c1CCCC2)N1CCC(c2c(F)cccc2C(F)(F)F)CC1.O=C=O. The number of amides is 3. The molecular formula is C64H74Cl2F12N10O6. The zero-order valence-electron chi connectivity index (χ0n) is 51.8. The second-order valence-electron chi connectivity index (χ2n) is 24.3. The summed E-state index contributed by atoms with van der Waals surface area (Å²) in [5.74, 6) is -4.25. The van der Waals surface area contributed by atoms with Gasteiger partial charge in [-0.25, -0.2) is 18.0 Å². The maximum atomic E-state index is 14.2. The van der Waals surface area contributed by atoms with Gasteiger partial charge >= 0.3 is 30.8 Å². The first-order valence-corrected chi connectivity index (χ1v) is 30.6. The third-order valence-electron chi connectivity index (χ3n) is 17.2. The van der Waals surface area contributed by atoms with Gasteiger partial charge in [0.2, 0.25) is 0 Å². The van der Waals surface area contributed by atoms with Gasteiger partial charge in [-0.15, -0.1) is 24.8 Å². The molecule has 2 aliphatic carbocycles. The molecule has 0 unspecified atom stereocenters. The molecule has 3 amide bonds. The summed E-state index contributed by atoms with van der Waals surface area (Å²) in [5, 5.41) is 24.2. The van der Waals surface area contributed by atoms with Gasteiger partial charge in [0.25, 0.3) is 11.8 Å². The van der Waals surface area contributed by atoms with Crippen LogP contribution in [0.3, 0.4) is 0 Å². The van der Waals surface area contributed by atoms with Crippen LogP contribution in [0.25, 0.3) is 0 Å². The molecule has 0 saturated carbocycles. The van der Waals surface area contributed by atoms with Crippen LogP contribution in [-0.4, -0.2) is 121 Å². The number of nitrogens with zero attached hydrogens (tertiary/aromatic N) is 6. The van der Waals surface area contributed by atoms with E-state index in [-0.39, 0.29) is 97.7 Å². The van der Waals surface area contributed by atoms with Crippen molar-refractivity contribution >= 4 is 48.9 Å². The minimum absolute atomic E-state index is 0. The minimum atomic E-state index is -4.60. The van der Waals surface area contributed by atoms with E-state index in [4.69, 9.17) is 14.3 Å². The molecule has 94 heavy (non-hydrogen) atoms. The molecule has 30 heteroatoms. The Balaban J connectivity index is 0.000000200. The van der Waals surface area contributed by atoms with E-state index in [1.54, 1.807) is 20.9 Å². The van der Waals surface area contributed by atoms with Gasteiger partial charge < -0.3 is 24.8 Å². The number of carbonyl (C=O) groups excluding carboxylic acids is 5. The Hall–Kier alpha value is -7.42. The summed E-state index contributed by atoms with van der Waals surface area (Å²) in [4.78, 5) is 58.7. The van der Waals surface area contributed by atoms with Gasteiger partial charge in [-0.1, -0.05) is 18.2 Å². The quantitative estimate of drug-likeness (QED) is 0.120. The summed E-state index contributed by atoms with van der Waals surface area (Å²) in [7, 11) is 0. The number of aromatic amines is 3. The Labute approximate surface area is 546 Å². The number of carbonyl (C=O) groups is 3. The Morgan fingerprint density at radius 1 is 0.511 bits per heavy atom. The fourth-order valence-electron chi connectivity index (χ4n) is 12.8. The van der Waals surface area contributed by atoms with Crippen LogP contribution < -0.4 is 5.32 Å². The average Bonchev–Trinajstić information content (AvgIpc) is 0.849. The molecule has 0 spiro atoms. The van der Waals surface area contributed by atoms with Crippen molar-refractivity contribution in [3.8, 4) is 0 Å². The van der Waals surface area contributed by atoms with Gasteiger partial charge in [-0.3, -0.25) is 24.9 Å². The number of aromatic nitrogens is 6. The maximum Gasteiger partial charge on any atom is 0.416 e. The number of ether oxygens (including phenoxy) is 1. The topological polar surface area (TPSA) is 202 Å². The summed E-state index contributed by atoms with van der Waals surface area (Å²) in [6.07, 6.45) is -1.28. The van der Waals surface area contributed by atoms with Crippen LogP contribution in [0.5, 0.6) is 0 Å². The maximum absolute atomic E-state index is 14.2. The number of piperidine rings is 3. The first kappa shape index (κ1) is 75.6. The molecule has 0 atom stereocenters. The molecule has 6 aromatic rings. The molecule has 4 N–H and O–H groups in total. The Kier molecular flexibility index (Phi) is 26.4. The van der Waals surface area contributed by atoms with Crippen LogP contribution in [0, 0.1) is 17.5 Å². The smallest absolute Gasteiger partial charge is 0.416 e. The zero-order chi connectivity index (χ0) is 66.7. The van der Waals surface area contributed by atoms with Gasteiger partial charge in [-0.05, 0) is 178 Å². The van der Waals surface area contributed by atoms with E-state index in [0.717, 1.165) is 146 Å². The minimum Gasteiger partial charge on any atom is -0.444 e. The Morgan fingerprint density at radius 2 is 0.883 bits per heavy atom. The molecule has 514 valence electrons. The molecule has 0 radical (unpaired) electrons. The number of aryl methyl sites for hydroxylation is 2. The Morgan fingerprint density at radius 3 is 1.26 bits per heavy atom. The molecule has 3 aromatic heterocycles. The highest BCUT2D eigenvalue weighted by molar-refractivity contribution is 5.95. The third kappa shape index (κ3) is 18.9. The first-order chi connectivity index (χ1) is 43.6. The van der Waals surface area contributed by atoms with Crippen LogP contribution in [0.4, 0.5) is 57.5 Å². The van der Waals surface area contributed by atoms with Crippen LogP contribution in [0.1, 0.15) is 191 Å². The highest BCUT2D eigenvalue weighted by Crippen LogP contribution is 2.43. The number of fused-ring (bicyclic) bond motifs is 3. The molecule has 3 fully saturated rings. The number of hydrogen-bond donors (Lipinski definition) is 4. The summed E-state index contributed by atoms with van der Waals surface area (Å²) < 4.78 is 166. The zero-order valence-corrected chi connectivity index (χ0v) is 53.4. The summed E-state index contributed by atoms with van der Waals surface area (Å²) in [6.45, 7) is 9.31. The third-order valence-corrected chi connectivity index (χ3v) is 17.2. The number of hydrogen-bond acceptors (Lipinski definition) is 10. The van der Waals surface area contributed by atoms with Crippen molar-refractivity contribution in [3.05, 3.63) is 157 Å². The summed E-state index contributed by atoms with van der Waals surface area (Å²) >= 11 is 0. The lowest BCUT2D eigenvalue weighted by Gasteiger charge is -2.33. The molecule has 3 saturated heterocycles. The fraction of sp³-hybridized carbons (Fsp3) is 0.516. The summed E-state index contributed by atoms with van der Waals surface area (Å²) in [5.41, 5.74) is 3.17. The average molecular weight is 1380 g/mol. The van der Waals surface area contributed by atoms with Crippen molar-refractivity contribution in [2.24, 2.45) is 0 Å². The standard InChI is InChI=1S/2C20H21F4N3O.C12H13F4N.C11H17N3O2.CO2.2ClH/c2*21-15-6-3-5-14(20(22,23)24)17(15)12-8-10-27(11-9-12)19(28)18-13-4-1-2-7-16(13)25-26-18;13-10-3-1-2-9(12(14,15)16)11(10)8-4-6-17-7-5-8;1-11(2,3)16-10(15)14-5-4-9-8(7-14)6-12-13-9;2-1-3;;/h2*3,5-6,12H,1-2,4,7-11H2,(H,25,26);1-3,8,17H,4-7H2;6H,4-5,7H2,1-3H3,(H,12,13);;2*1H. The predicted molar refractivity (Wildman–Crippen MR) is 324 cm³/mol. The molecule has 7 heterocycles. The fourth-order valence-corrected chi connectivity index (χ4v) is 12.8. The molecule has 0 bridgehead atoms. The number of halogens is 14. The van der Waals surface area contributed by atoms with E-state index in [1.165, 1.54) is 0 Å².